The molecule has 0 unspecified atom stereocenters. The fourth-order valence-corrected chi connectivity index (χ4v) is 4.81. The third-order valence-corrected chi connectivity index (χ3v) is 6.92. The molecule has 3 N–H and O–H groups in total. The van der Waals surface area contributed by atoms with Crippen molar-refractivity contribution in [2.24, 2.45) is 5.92 Å². The molecule has 0 radical (unpaired) electrons. The van der Waals surface area contributed by atoms with Crippen LogP contribution in [0.15, 0.2) is 54.7 Å². The number of carbonyl (C=O) groups excluding carboxylic acids is 1. The van der Waals surface area contributed by atoms with Gasteiger partial charge in [0, 0.05) is 31.4 Å². The number of thiazole rings is 1. The minimum absolute atomic E-state index is 0.0915. The van der Waals surface area contributed by atoms with Crippen molar-refractivity contribution < 1.29 is 9.18 Å². The van der Waals surface area contributed by atoms with Gasteiger partial charge in [0.05, 0.1) is 0 Å². The Labute approximate surface area is 206 Å². The molecule has 1 saturated heterocycles. The zero-order chi connectivity index (χ0) is 24.2. The second kappa shape index (κ2) is 10.3. The Hall–Kier alpha value is -3.63. The number of halogens is 1. The van der Waals surface area contributed by atoms with Crippen molar-refractivity contribution in [1.82, 2.24) is 25.6 Å². The summed E-state index contributed by atoms with van der Waals surface area (Å²) in [5.41, 5.74) is 2.57. The lowest BCUT2D eigenvalue weighted by Crippen LogP contribution is -2.37. The van der Waals surface area contributed by atoms with Crippen LogP contribution in [-0.4, -0.2) is 41.0 Å². The Morgan fingerprint density at radius 3 is 2.66 bits per heavy atom. The topological polar surface area (TPSA) is 95.1 Å². The summed E-state index contributed by atoms with van der Waals surface area (Å²) in [5.74, 6) is 1.34. The van der Waals surface area contributed by atoms with Gasteiger partial charge in [-0.05, 0) is 74.0 Å². The summed E-state index contributed by atoms with van der Waals surface area (Å²) in [6, 6.07) is 13.9. The largest absolute Gasteiger partial charge is 0.352 e. The molecular weight excluding hydrogens is 465 g/mol. The van der Waals surface area contributed by atoms with Crippen LogP contribution in [0.25, 0.3) is 10.3 Å². The minimum Gasteiger partial charge on any atom is -0.352 e. The number of aromatic nitrogens is 3. The van der Waals surface area contributed by atoms with Gasteiger partial charge in [-0.1, -0.05) is 17.4 Å². The molecular formula is C25H26FN7OS. The van der Waals surface area contributed by atoms with E-state index in [1.165, 1.54) is 23.5 Å². The van der Waals surface area contributed by atoms with E-state index < -0.39 is 0 Å². The van der Waals surface area contributed by atoms with E-state index in [1.54, 1.807) is 18.3 Å². The highest BCUT2D eigenvalue weighted by Gasteiger charge is 2.20. The lowest BCUT2D eigenvalue weighted by atomic mass is 9.97. The van der Waals surface area contributed by atoms with Crippen LogP contribution in [0.1, 0.15) is 18.4 Å². The molecule has 3 aromatic heterocycles. The van der Waals surface area contributed by atoms with Crippen LogP contribution in [0.2, 0.25) is 0 Å². The van der Waals surface area contributed by atoms with Crippen LogP contribution in [0.3, 0.4) is 0 Å². The average molecular weight is 492 g/mol. The highest BCUT2D eigenvalue weighted by Crippen LogP contribution is 2.30. The highest BCUT2D eigenvalue weighted by atomic mass is 32.1. The van der Waals surface area contributed by atoms with Crippen molar-refractivity contribution in [3.05, 3.63) is 66.1 Å². The lowest BCUT2D eigenvalue weighted by Gasteiger charge is -2.21. The predicted octanol–water partition coefficient (Wildman–Crippen LogP) is 4.35. The molecule has 1 amide bonds. The molecule has 1 aliphatic heterocycles. The maximum Gasteiger partial charge on any atom is 0.223 e. The van der Waals surface area contributed by atoms with E-state index in [9.17, 15) is 9.18 Å². The van der Waals surface area contributed by atoms with Gasteiger partial charge in [0.25, 0.3) is 0 Å². The summed E-state index contributed by atoms with van der Waals surface area (Å²) >= 11 is 1.43. The van der Waals surface area contributed by atoms with E-state index in [1.807, 2.05) is 36.2 Å². The molecule has 1 aliphatic rings. The van der Waals surface area contributed by atoms with Crippen LogP contribution in [0.4, 0.5) is 26.8 Å². The van der Waals surface area contributed by atoms with Crippen molar-refractivity contribution >= 4 is 50.0 Å². The number of benzene rings is 1. The number of fused-ring (bicyclic) bond motifs is 1. The van der Waals surface area contributed by atoms with Gasteiger partial charge >= 0.3 is 0 Å². The molecule has 1 aromatic carbocycles. The third kappa shape index (κ3) is 5.55. The maximum atomic E-state index is 13.2. The second-order valence-corrected chi connectivity index (χ2v) is 9.44. The Morgan fingerprint density at radius 1 is 1.11 bits per heavy atom. The number of nitrogens with zero attached hydrogens (tertiary/aromatic N) is 4. The van der Waals surface area contributed by atoms with Gasteiger partial charge in [-0.2, -0.15) is 0 Å². The number of rotatable bonds is 7. The van der Waals surface area contributed by atoms with Crippen molar-refractivity contribution in [3.8, 4) is 0 Å². The maximum absolute atomic E-state index is 13.2. The van der Waals surface area contributed by atoms with E-state index in [4.69, 9.17) is 4.98 Å². The quantitative estimate of drug-likeness (QED) is 0.354. The summed E-state index contributed by atoms with van der Waals surface area (Å²) in [6.45, 7) is 2.26. The molecule has 0 atom stereocenters. The van der Waals surface area contributed by atoms with E-state index in [0.717, 1.165) is 53.3 Å². The number of nitrogens with one attached hydrogen (secondary N) is 3. The van der Waals surface area contributed by atoms with Crippen molar-refractivity contribution in [2.45, 2.75) is 19.4 Å². The number of piperidine rings is 1. The number of carbonyl (C=O) groups is 1. The molecule has 0 saturated carbocycles. The highest BCUT2D eigenvalue weighted by molar-refractivity contribution is 7.21. The van der Waals surface area contributed by atoms with Crippen LogP contribution >= 0.6 is 11.3 Å². The normalized spacial score (nSPS) is 14.1. The van der Waals surface area contributed by atoms with Crippen LogP contribution < -0.4 is 20.9 Å². The molecule has 8 nitrogen and oxygen atoms in total. The monoisotopic (exact) mass is 491 g/mol. The zero-order valence-corrected chi connectivity index (χ0v) is 20.1. The predicted molar refractivity (Wildman–Crippen MR) is 137 cm³/mol. The molecule has 35 heavy (non-hydrogen) atoms. The molecule has 180 valence electrons. The van der Waals surface area contributed by atoms with Gasteiger partial charge in [0.2, 0.25) is 5.91 Å². The zero-order valence-electron chi connectivity index (χ0n) is 19.3. The number of hydrogen-bond donors (Lipinski definition) is 3. The van der Waals surface area contributed by atoms with Crippen LogP contribution in [-0.2, 0) is 11.3 Å². The van der Waals surface area contributed by atoms with E-state index >= 15 is 0 Å². The Morgan fingerprint density at radius 2 is 1.91 bits per heavy atom. The van der Waals surface area contributed by atoms with Crippen molar-refractivity contribution in [3.63, 3.8) is 0 Å². The summed E-state index contributed by atoms with van der Waals surface area (Å²) in [6.07, 6.45) is 3.52. The van der Waals surface area contributed by atoms with Crippen LogP contribution in [0.5, 0.6) is 0 Å². The first-order valence-corrected chi connectivity index (χ1v) is 12.3. The summed E-state index contributed by atoms with van der Waals surface area (Å²) in [7, 11) is 1.89. The van der Waals surface area contributed by atoms with E-state index in [-0.39, 0.29) is 17.6 Å². The van der Waals surface area contributed by atoms with Gasteiger partial charge in [-0.15, -0.1) is 0 Å². The van der Waals surface area contributed by atoms with Crippen LogP contribution in [0, 0.1) is 11.7 Å². The molecule has 4 aromatic rings. The van der Waals surface area contributed by atoms with Gasteiger partial charge in [0.15, 0.2) is 5.13 Å². The average Bonchev–Trinajstić information content (AvgIpc) is 3.30. The molecule has 10 heteroatoms. The first kappa shape index (κ1) is 23.1. The van der Waals surface area contributed by atoms with Gasteiger partial charge in [-0.3, -0.25) is 4.79 Å². The van der Waals surface area contributed by atoms with Gasteiger partial charge < -0.3 is 20.9 Å². The lowest BCUT2D eigenvalue weighted by molar-refractivity contribution is -0.125. The first-order chi connectivity index (χ1) is 17.0. The molecule has 4 heterocycles. The summed E-state index contributed by atoms with van der Waals surface area (Å²) in [5, 5.41) is 10.2. The van der Waals surface area contributed by atoms with Crippen molar-refractivity contribution in [2.75, 3.05) is 30.4 Å². The van der Waals surface area contributed by atoms with Crippen molar-refractivity contribution in [1.29, 1.82) is 0 Å². The molecule has 1 fully saturated rings. The minimum atomic E-state index is -0.271. The molecule has 0 spiro atoms. The van der Waals surface area contributed by atoms with Gasteiger partial charge in [0.1, 0.15) is 27.8 Å². The molecule has 0 aliphatic carbocycles. The fourth-order valence-electron chi connectivity index (χ4n) is 3.97. The van der Waals surface area contributed by atoms with E-state index in [2.05, 4.69) is 25.9 Å². The molecule has 0 bridgehead atoms. The second-order valence-electron chi connectivity index (χ2n) is 8.47. The molecule has 5 rings (SSSR count). The standard InChI is InChI=1S/C25H26FN7OS/c1-33(19-5-3-18(26)4-6-19)22-9-7-20-24(32-22)35-25(30-20)31-21-8-2-16(14-28-21)15-29-23(34)17-10-12-27-13-11-17/h2-9,14,17,27H,10-13,15H2,1H3,(H,29,34)(H,28,30,31). The summed E-state index contributed by atoms with van der Waals surface area (Å²) in [4.78, 5) is 28.8. The fraction of sp³-hybridized carbons (Fsp3) is 0.280. The SMILES string of the molecule is CN(c1ccc(F)cc1)c1ccc2nc(Nc3ccc(CNC(=O)C4CCNCC4)cn3)sc2n1. The van der Waals surface area contributed by atoms with Gasteiger partial charge in [-0.25, -0.2) is 19.3 Å². The first-order valence-electron chi connectivity index (χ1n) is 11.5. The Kier molecular flexibility index (Phi) is 6.82. The Balaban J connectivity index is 1.21. The van der Waals surface area contributed by atoms with E-state index in [0.29, 0.717) is 17.5 Å². The summed E-state index contributed by atoms with van der Waals surface area (Å²) < 4.78 is 13.2. The number of hydrogen-bond acceptors (Lipinski definition) is 8. The number of amides is 1. The number of pyridine rings is 2. The third-order valence-electron chi connectivity index (χ3n) is 6.03. The Bertz CT molecular complexity index is 1300. The smallest absolute Gasteiger partial charge is 0.223 e. The number of anilines is 4.